The van der Waals surface area contributed by atoms with Crippen LogP contribution in [-0.2, 0) is 14.3 Å². The third-order valence-corrected chi connectivity index (χ3v) is 3.50. The van der Waals surface area contributed by atoms with Crippen molar-refractivity contribution in [1.29, 1.82) is 0 Å². The highest BCUT2D eigenvalue weighted by atomic mass is 16.7. The van der Waals surface area contributed by atoms with E-state index in [9.17, 15) is 15.0 Å². The van der Waals surface area contributed by atoms with Crippen LogP contribution in [0.5, 0.6) is 0 Å². The zero-order valence-electron chi connectivity index (χ0n) is 12.0. The van der Waals surface area contributed by atoms with Crippen molar-refractivity contribution in [2.45, 2.75) is 76.5 Å². The molecule has 0 aromatic heterocycles. The molecule has 0 aromatic rings. The molecule has 4 atom stereocenters. The molecule has 3 N–H and O–H groups in total. The van der Waals surface area contributed by atoms with E-state index in [0.29, 0.717) is 6.61 Å². The lowest BCUT2D eigenvalue weighted by Gasteiger charge is -2.35. The lowest BCUT2D eigenvalue weighted by atomic mass is 10.0. The van der Waals surface area contributed by atoms with Gasteiger partial charge in [-0.1, -0.05) is 19.3 Å². The van der Waals surface area contributed by atoms with Crippen LogP contribution in [0.15, 0.2) is 0 Å². The van der Waals surface area contributed by atoms with Crippen LogP contribution in [0.3, 0.4) is 0 Å². The lowest BCUT2D eigenvalue weighted by Crippen LogP contribution is -2.47. The fourth-order valence-corrected chi connectivity index (χ4v) is 2.20. The molecule has 20 heavy (non-hydrogen) atoms. The number of aliphatic hydroxyl groups excluding tert-OH is 2. The van der Waals surface area contributed by atoms with Crippen LogP contribution in [0.25, 0.3) is 0 Å². The maximum atomic E-state index is 10.3. The summed E-state index contributed by atoms with van der Waals surface area (Å²) in [5, 5.41) is 27.7. The van der Waals surface area contributed by atoms with Crippen molar-refractivity contribution in [3.05, 3.63) is 0 Å². The number of carboxylic acid groups (broad SMARTS) is 1. The van der Waals surface area contributed by atoms with Crippen LogP contribution in [0.1, 0.15) is 51.9 Å². The topological polar surface area (TPSA) is 96.2 Å². The Kier molecular flexibility index (Phi) is 8.06. The summed E-state index contributed by atoms with van der Waals surface area (Å²) in [6.07, 6.45) is 2.57. The second kappa shape index (κ2) is 9.28. The van der Waals surface area contributed by atoms with Crippen molar-refractivity contribution < 1.29 is 29.6 Å². The average Bonchev–Trinajstić information content (AvgIpc) is 2.38. The van der Waals surface area contributed by atoms with E-state index in [-0.39, 0.29) is 18.9 Å². The van der Waals surface area contributed by atoms with E-state index in [1.165, 1.54) is 0 Å². The van der Waals surface area contributed by atoms with Crippen LogP contribution in [0, 0.1) is 0 Å². The Morgan fingerprint density at radius 3 is 2.50 bits per heavy atom. The van der Waals surface area contributed by atoms with Crippen LogP contribution in [0.2, 0.25) is 0 Å². The Balaban J connectivity index is 1.99. The first-order valence-corrected chi connectivity index (χ1v) is 7.35. The van der Waals surface area contributed by atoms with Gasteiger partial charge in [-0.2, -0.15) is 0 Å². The zero-order valence-corrected chi connectivity index (χ0v) is 12.0. The molecule has 0 spiro atoms. The number of hydrogen-bond acceptors (Lipinski definition) is 5. The fraction of sp³-hybridized carbons (Fsp3) is 0.929. The van der Waals surface area contributed by atoms with E-state index in [1.807, 2.05) is 0 Å². The molecule has 1 fully saturated rings. The van der Waals surface area contributed by atoms with E-state index in [0.717, 1.165) is 32.1 Å². The number of aliphatic hydroxyl groups is 2. The number of rotatable bonds is 9. The van der Waals surface area contributed by atoms with Gasteiger partial charge in [-0.3, -0.25) is 4.79 Å². The van der Waals surface area contributed by atoms with Gasteiger partial charge in [-0.25, -0.2) is 0 Å². The molecule has 118 valence electrons. The largest absolute Gasteiger partial charge is 0.481 e. The van der Waals surface area contributed by atoms with Gasteiger partial charge in [-0.15, -0.1) is 0 Å². The summed E-state index contributed by atoms with van der Waals surface area (Å²) in [6.45, 7) is 2.26. The molecule has 0 aromatic carbocycles. The van der Waals surface area contributed by atoms with Gasteiger partial charge >= 0.3 is 5.97 Å². The van der Waals surface area contributed by atoms with Gasteiger partial charge in [0.1, 0.15) is 6.10 Å². The van der Waals surface area contributed by atoms with Crippen molar-refractivity contribution in [3.8, 4) is 0 Å². The van der Waals surface area contributed by atoms with Gasteiger partial charge in [0.05, 0.1) is 12.2 Å². The van der Waals surface area contributed by atoms with Gasteiger partial charge < -0.3 is 24.8 Å². The van der Waals surface area contributed by atoms with Crippen LogP contribution in [0.4, 0.5) is 0 Å². The minimum atomic E-state index is -0.781. The van der Waals surface area contributed by atoms with E-state index < -0.39 is 24.5 Å². The number of unbranched alkanes of at least 4 members (excludes halogenated alkanes) is 4. The van der Waals surface area contributed by atoms with E-state index >= 15 is 0 Å². The molecule has 1 heterocycles. The maximum absolute atomic E-state index is 10.3. The molecule has 1 rings (SSSR count). The summed E-state index contributed by atoms with van der Waals surface area (Å²) in [6, 6.07) is 0. The van der Waals surface area contributed by atoms with Gasteiger partial charge in [0, 0.05) is 19.4 Å². The van der Waals surface area contributed by atoms with Crippen LogP contribution in [-0.4, -0.2) is 52.5 Å². The molecule has 1 aliphatic heterocycles. The Morgan fingerprint density at radius 2 is 1.80 bits per heavy atom. The molecule has 0 bridgehead atoms. The number of hydrogen-bond donors (Lipinski definition) is 3. The van der Waals surface area contributed by atoms with Gasteiger partial charge in [0.25, 0.3) is 0 Å². The lowest BCUT2D eigenvalue weighted by molar-refractivity contribution is -0.261. The molecule has 0 amide bonds. The zero-order chi connectivity index (χ0) is 15.0. The van der Waals surface area contributed by atoms with E-state index in [4.69, 9.17) is 14.6 Å². The normalized spacial score (nSPS) is 30.4. The Hall–Kier alpha value is -0.690. The molecule has 6 nitrogen and oxygen atoms in total. The smallest absolute Gasteiger partial charge is 0.303 e. The van der Waals surface area contributed by atoms with E-state index in [1.54, 1.807) is 6.92 Å². The predicted molar refractivity (Wildman–Crippen MR) is 72.3 cm³/mol. The van der Waals surface area contributed by atoms with Crippen molar-refractivity contribution in [3.63, 3.8) is 0 Å². The minimum absolute atomic E-state index is 0.235. The Bertz CT molecular complexity index is 283. The number of aliphatic carboxylic acids is 1. The van der Waals surface area contributed by atoms with E-state index in [2.05, 4.69) is 0 Å². The quantitative estimate of drug-likeness (QED) is 0.554. The van der Waals surface area contributed by atoms with Crippen molar-refractivity contribution in [2.24, 2.45) is 0 Å². The third-order valence-electron chi connectivity index (χ3n) is 3.50. The van der Waals surface area contributed by atoms with Gasteiger partial charge in [0.2, 0.25) is 0 Å². The molecule has 0 radical (unpaired) electrons. The summed E-state index contributed by atoms with van der Waals surface area (Å²) < 4.78 is 10.9. The average molecular weight is 290 g/mol. The minimum Gasteiger partial charge on any atom is -0.481 e. The number of ether oxygens (including phenoxy) is 2. The molecule has 0 aliphatic carbocycles. The summed E-state index contributed by atoms with van der Waals surface area (Å²) in [4.78, 5) is 10.3. The summed E-state index contributed by atoms with van der Waals surface area (Å²) in [5.41, 5.74) is 0. The summed E-state index contributed by atoms with van der Waals surface area (Å²) in [7, 11) is 0. The first kappa shape index (κ1) is 17.4. The highest BCUT2D eigenvalue weighted by molar-refractivity contribution is 5.66. The predicted octanol–water partition coefficient (Wildman–Crippen LogP) is 1.28. The SMILES string of the molecule is CC1OC(OCCCCCCCC(=O)O)[C@@H](O)CC1O. The van der Waals surface area contributed by atoms with Gasteiger partial charge in [-0.05, 0) is 19.8 Å². The second-order valence-corrected chi connectivity index (χ2v) is 5.36. The number of carbonyl (C=O) groups is 1. The highest BCUT2D eigenvalue weighted by Gasteiger charge is 2.34. The number of carboxylic acids is 1. The molecule has 6 heteroatoms. The molecule has 1 aliphatic rings. The molecule has 1 saturated heterocycles. The molecule has 3 unspecified atom stereocenters. The van der Waals surface area contributed by atoms with Crippen molar-refractivity contribution in [1.82, 2.24) is 0 Å². The second-order valence-electron chi connectivity index (χ2n) is 5.36. The maximum Gasteiger partial charge on any atom is 0.303 e. The Morgan fingerprint density at radius 1 is 1.15 bits per heavy atom. The summed E-state index contributed by atoms with van der Waals surface area (Å²) >= 11 is 0. The first-order valence-electron chi connectivity index (χ1n) is 7.35. The van der Waals surface area contributed by atoms with Crippen molar-refractivity contribution >= 4 is 5.97 Å². The summed E-state index contributed by atoms with van der Waals surface area (Å²) in [5.74, 6) is -0.743. The standard InChI is InChI=1S/C14H26O6/c1-10-11(15)9-12(16)14(20-10)19-8-6-4-2-3-5-7-13(17)18/h10-12,14-16H,2-9H2,1H3,(H,17,18)/t10?,11?,12-,14?/m0/s1. The molecule has 0 saturated carbocycles. The van der Waals surface area contributed by atoms with Crippen LogP contribution >= 0.6 is 0 Å². The first-order chi connectivity index (χ1) is 9.50. The monoisotopic (exact) mass is 290 g/mol. The highest BCUT2D eigenvalue weighted by Crippen LogP contribution is 2.21. The molecular weight excluding hydrogens is 264 g/mol. The molecular formula is C14H26O6. The van der Waals surface area contributed by atoms with Crippen molar-refractivity contribution in [2.75, 3.05) is 6.61 Å². The van der Waals surface area contributed by atoms with Gasteiger partial charge in [0.15, 0.2) is 6.29 Å². The third kappa shape index (κ3) is 6.65. The van der Waals surface area contributed by atoms with Crippen LogP contribution < -0.4 is 0 Å². The Labute approximate surface area is 119 Å². The fourth-order valence-electron chi connectivity index (χ4n) is 2.20.